The number of rotatable bonds is 4. The van der Waals surface area contributed by atoms with Crippen LogP contribution >= 0.6 is 11.3 Å². The molecule has 0 aliphatic heterocycles. The Bertz CT molecular complexity index is 857. The number of esters is 1. The summed E-state index contributed by atoms with van der Waals surface area (Å²) in [7, 11) is 0. The molecule has 0 saturated heterocycles. The van der Waals surface area contributed by atoms with Crippen molar-refractivity contribution in [3.8, 4) is 0 Å². The molecule has 1 amide bonds. The first-order valence-corrected chi connectivity index (χ1v) is 10.6. The molecule has 2 aliphatic carbocycles. The third kappa shape index (κ3) is 4.08. The van der Waals surface area contributed by atoms with Crippen molar-refractivity contribution < 1.29 is 14.3 Å². The van der Waals surface area contributed by atoms with E-state index < -0.39 is 0 Å². The molecule has 5 heteroatoms. The first-order chi connectivity index (χ1) is 13.1. The number of aryl methyl sites for hydroxylation is 2. The number of benzene rings is 1. The van der Waals surface area contributed by atoms with E-state index in [-0.39, 0.29) is 24.5 Å². The standard InChI is InChI=1S/C22H25NO3S/c1-14-9-10-19-16(11-14)12-20(27-19)22(25)26-13-21(24)23-18-8-4-6-15-5-2-3-7-17(15)18/h2-3,5,7,12,14,18H,4,6,8-11,13H2,1H3,(H,23,24)/t14-,18+/m1/s1. The van der Waals surface area contributed by atoms with Crippen LogP contribution in [0.4, 0.5) is 0 Å². The minimum Gasteiger partial charge on any atom is -0.451 e. The van der Waals surface area contributed by atoms with Crippen LogP contribution in [0.2, 0.25) is 0 Å². The van der Waals surface area contributed by atoms with Crippen molar-refractivity contribution in [1.82, 2.24) is 5.32 Å². The monoisotopic (exact) mass is 383 g/mol. The van der Waals surface area contributed by atoms with Crippen molar-refractivity contribution in [2.75, 3.05) is 6.61 Å². The number of thiophene rings is 1. The van der Waals surface area contributed by atoms with Gasteiger partial charge in [-0.3, -0.25) is 4.79 Å². The van der Waals surface area contributed by atoms with E-state index in [1.807, 2.05) is 18.2 Å². The summed E-state index contributed by atoms with van der Waals surface area (Å²) >= 11 is 1.52. The Labute approximate surface area is 163 Å². The number of carbonyl (C=O) groups is 2. The van der Waals surface area contributed by atoms with Crippen LogP contribution in [0.1, 0.15) is 63.5 Å². The van der Waals surface area contributed by atoms with Crippen LogP contribution in [0, 0.1) is 5.92 Å². The van der Waals surface area contributed by atoms with Gasteiger partial charge in [0, 0.05) is 4.88 Å². The molecule has 0 unspecified atom stereocenters. The summed E-state index contributed by atoms with van der Waals surface area (Å²) in [4.78, 5) is 26.6. The van der Waals surface area contributed by atoms with E-state index in [9.17, 15) is 9.59 Å². The molecule has 1 heterocycles. The molecule has 2 aromatic rings. The Morgan fingerprint density at radius 2 is 2.04 bits per heavy atom. The molecule has 4 nitrogen and oxygen atoms in total. The molecule has 0 saturated carbocycles. The van der Waals surface area contributed by atoms with E-state index in [1.165, 1.54) is 39.3 Å². The maximum Gasteiger partial charge on any atom is 0.348 e. The number of fused-ring (bicyclic) bond motifs is 2. The lowest BCUT2D eigenvalue weighted by Gasteiger charge is -2.26. The number of hydrogen-bond donors (Lipinski definition) is 1. The van der Waals surface area contributed by atoms with E-state index in [0.29, 0.717) is 10.8 Å². The van der Waals surface area contributed by atoms with E-state index in [0.717, 1.165) is 32.1 Å². The van der Waals surface area contributed by atoms with Crippen LogP contribution in [0.15, 0.2) is 30.3 Å². The molecule has 0 bridgehead atoms. The molecule has 27 heavy (non-hydrogen) atoms. The van der Waals surface area contributed by atoms with Crippen LogP contribution in [0.3, 0.4) is 0 Å². The fourth-order valence-electron chi connectivity index (χ4n) is 4.15. The zero-order valence-electron chi connectivity index (χ0n) is 15.6. The Morgan fingerprint density at radius 3 is 2.93 bits per heavy atom. The van der Waals surface area contributed by atoms with Gasteiger partial charge in [0.05, 0.1) is 6.04 Å². The molecule has 2 atom stereocenters. The highest BCUT2D eigenvalue weighted by atomic mass is 32.1. The van der Waals surface area contributed by atoms with Gasteiger partial charge in [-0.15, -0.1) is 11.3 Å². The van der Waals surface area contributed by atoms with E-state index in [4.69, 9.17) is 4.74 Å². The lowest BCUT2D eigenvalue weighted by molar-refractivity contribution is -0.125. The van der Waals surface area contributed by atoms with Gasteiger partial charge in [0.2, 0.25) is 0 Å². The summed E-state index contributed by atoms with van der Waals surface area (Å²) in [6.45, 7) is 2.02. The average molecular weight is 384 g/mol. The Balaban J connectivity index is 1.33. The zero-order chi connectivity index (χ0) is 18.8. The molecule has 0 radical (unpaired) electrons. The van der Waals surface area contributed by atoms with Crippen molar-refractivity contribution in [3.63, 3.8) is 0 Å². The molecule has 0 fully saturated rings. The molecular formula is C22H25NO3S. The maximum absolute atomic E-state index is 12.3. The summed E-state index contributed by atoms with van der Waals surface area (Å²) in [6, 6.07) is 10.2. The number of amides is 1. The zero-order valence-corrected chi connectivity index (χ0v) is 16.4. The summed E-state index contributed by atoms with van der Waals surface area (Å²) in [5, 5.41) is 3.02. The van der Waals surface area contributed by atoms with Crippen LogP contribution in [-0.4, -0.2) is 18.5 Å². The van der Waals surface area contributed by atoms with Crippen LogP contribution in [0.5, 0.6) is 0 Å². The Hall–Kier alpha value is -2.14. The molecule has 4 rings (SSSR count). The van der Waals surface area contributed by atoms with Crippen molar-refractivity contribution in [3.05, 3.63) is 56.8 Å². The number of carbonyl (C=O) groups excluding carboxylic acids is 2. The second-order valence-corrected chi connectivity index (χ2v) is 8.83. The molecule has 0 spiro atoms. The third-order valence-electron chi connectivity index (χ3n) is 5.57. The second kappa shape index (κ2) is 7.85. The molecular weight excluding hydrogens is 358 g/mol. The number of hydrogen-bond acceptors (Lipinski definition) is 4. The van der Waals surface area contributed by atoms with E-state index >= 15 is 0 Å². The van der Waals surface area contributed by atoms with Gasteiger partial charge in [-0.1, -0.05) is 31.2 Å². The number of ether oxygens (including phenoxy) is 1. The highest BCUT2D eigenvalue weighted by Crippen LogP contribution is 2.32. The van der Waals surface area contributed by atoms with Crippen LogP contribution < -0.4 is 5.32 Å². The molecule has 2 aliphatic rings. The summed E-state index contributed by atoms with van der Waals surface area (Å²) in [5.74, 6) is 0.0429. The van der Waals surface area contributed by atoms with Gasteiger partial charge in [-0.25, -0.2) is 4.79 Å². The average Bonchev–Trinajstić information content (AvgIpc) is 3.09. The normalized spacial score (nSPS) is 21.1. The third-order valence-corrected chi connectivity index (χ3v) is 6.79. The van der Waals surface area contributed by atoms with Gasteiger partial charge in [-0.2, -0.15) is 0 Å². The SMILES string of the molecule is C[C@@H]1CCc2sc(C(=O)OCC(=O)N[C@H]3CCCc4ccccc43)cc2C1. The van der Waals surface area contributed by atoms with E-state index in [1.54, 1.807) is 0 Å². The van der Waals surface area contributed by atoms with Gasteiger partial charge >= 0.3 is 5.97 Å². The number of nitrogens with one attached hydrogen (secondary N) is 1. The van der Waals surface area contributed by atoms with Crippen LogP contribution in [0.25, 0.3) is 0 Å². The highest BCUT2D eigenvalue weighted by Gasteiger charge is 2.24. The molecule has 142 valence electrons. The minimum atomic E-state index is -0.388. The predicted octanol–water partition coefficient (Wildman–Crippen LogP) is 4.22. The van der Waals surface area contributed by atoms with E-state index in [2.05, 4.69) is 24.4 Å². The molecule has 1 aromatic heterocycles. The second-order valence-electron chi connectivity index (χ2n) is 7.69. The van der Waals surface area contributed by atoms with Gasteiger partial charge in [0.1, 0.15) is 4.88 Å². The summed E-state index contributed by atoms with van der Waals surface area (Å²) in [5.41, 5.74) is 3.75. The molecule has 1 N–H and O–H groups in total. The van der Waals surface area contributed by atoms with Crippen molar-refractivity contribution >= 4 is 23.2 Å². The predicted molar refractivity (Wildman–Crippen MR) is 106 cm³/mol. The maximum atomic E-state index is 12.3. The summed E-state index contributed by atoms with van der Waals surface area (Å²) < 4.78 is 5.28. The Kier molecular flexibility index (Phi) is 5.30. The van der Waals surface area contributed by atoms with Crippen molar-refractivity contribution in [2.24, 2.45) is 5.92 Å². The van der Waals surface area contributed by atoms with Gasteiger partial charge in [0.25, 0.3) is 5.91 Å². The van der Waals surface area contributed by atoms with Crippen molar-refractivity contribution in [2.45, 2.75) is 51.5 Å². The minimum absolute atomic E-state index is 0.0108. The highest BCUT2D eigenvalue weighted by molar-refractivity contribution is 7.14. The van der Waals surface area contributed by atoms with Crippen LogP contribution in [-0.2, 0) is 28.8 Å². The first-order valence-electron chi connectivity index (χ1n) is 9.76. The summed E-state index contributed by atoms with van der Waals surface area (Å²) in [6.07, 6.45) is 6.27. The largest absolute Gasteiger partial charge is 0.451 e. The van der Waals surface area contributed by atoms with Gasteiger partial charge in [0.15, 0.2) is 6.61 Å². The topological polar surface area (TPSA) is 55.4 Å². The lowest BCUT2D eigenvalue weighted by Crippen LogP contribution is -2.34. The Morgan fingerprint density at radius 1 is 1.19 bits per heavy atom. The first kappa shape index (κ1) is 18.2. The van der Waals surface area contributed by atoms with Crippen molar-refractivity contribution in [1.29, 1.82) is 0 Å². The van der Waals surface area contributed by atoms with Gasteiger partial charge < -0.3 is 10.1 Å². The van der Waals surface area contributed by atoms with Gasteiger partial charge in [-0.05, 0) is 67.2 Å². The fraction of sp³-hybridized carbons (Fsp3) is 0.455. The molecule has 1 aromatic carbocycles. The lowest BCUT2D eigenvalue weighted by atomic mass is 9.88. The fourth-order valence-corrected chi connectivity index (χ4v) is 5.25. The smallest absolute Gasteiger partial charge is 0.348 e. The quantitative estimate of drug-likeness (QED) is 0.804.